The highest BCUT2D eigenvalue weighted by Crippen LogP contribution is 2.20. The van der Waals surface area contributed by atoms with Gasteiger partial charge in [0.15, 0.2) is 0 Å². The highest BCUT2D eigenvalue weighted by atomic mass is 16.5. The molecule has 86 valence electrons. The van der Waals surface area contributed by atoms with Crippen molar-refractivity contribution in [1.82, 2.24) is 4.57 Å². The van der Waals surface area contributed by atoms with Crippen LogP contribution in [-0.2, 0) is 24.6 Å². The number of fused-ring (bicyclic) bond motifs is 1. The molecule has 16 heavy (non-hydrogen) atoms. The maximum atomic E-state index is 11.9. The summed E-state index contributed by atoms with van der Waals surface area (Å²) >= 11 is 0. The molecule has 0 aromatic carbocycles. The molecule has 0 N–H and O–H groups in total. The second kappa shape index (κ2) is 4.12. The van der Waals surface area contributed by atoms with Gasteiger partial charge in [-0.1, -0.05) is 0 Å². The van der Waals surface area contributed by atoms with Crippen molar-refractivity contribution in [2.24, 2.45) is 7.05 Å². The fourth-order valence-electron chi connectivity index (χ4n) is 2.25. The van der Waals surface area contributed by atoms with Crippen molar-refractivity contribution in [3.05, 3.63) is 33.2 Å². The van der Waals surface area contributed by atoms with Crippen LogP contribution in [0.2, 0.25) is 0 Å². The standard InChI is InChI=1S/C12H15NO3/c1-13-10-6-4-3-5-8(10)7-9(11(13)14)12(15)16-2/h7H,3-6H2,1-2H3. The van der Waals surface area contributed by atoms with E-state index in [0.29, 0.717) is 0 Å². The Morgan fingerprint density at radius 2 is 2.06 bits per heavy atom. The number of methoxy groups -OCH3 is 1. The molecule has 0 radical (unpaired) electrons. The van der Waals surface area contributed by atoms with Crippen LogP contribution in [0.4, 0.5) is 0 Å². The lowest BCUT2D eigenvalue weighted by Crippen LogP contribution is -2.29. The maximum absolute atomic E-state index is 11.9. The molecule has 0 spiro atoms. The largest absolute Gasteiger partial charge is 0.465 e. The minimum Gasteiger partial charge on any atom is -0.465 e. The number of aromatic nitrogens is 1. The van der Waals surface area contributed by atoms with Crippen LogP contribution in [0.25, 0.3) is 0 Å². The summed E-state index contributed by atoms with van der Waals surface area (Å²) in [4.78, 5) is 23.3. The molecule has 1 aliphatic rings. The van der Waals surface area contributed by atoms with E-state index in [1.54, 1.807) is 17.7 Å². The van der Waals surface area contributed by atoms with Gasteiger partial charge in [-0.25, -0.2) is 4.79 Å². The molecule has 1 aromatic heterocycles. The third-order valence-electron chi connectivity index (χ3n) is 3.14. The SMILES string of the molecule is COC(=O)c1cc2c(n(C)c1=O)CCCC2. The Hall–Kier alpha value is -1.58. The predicted octanol–water partition coefficient (Wildman–Crippen LogP) is 1.05. The topological polar surface area (TPSA) is 48.3 Å². The van der Waals surface area contributed by atoms with Crippen LogP contribution in [0.3, 0.4) is 0 Å². The molecule has 0 saturated heterocycles. The lowest BCUT2D eigenvalue weighted by molar-refractivity contribution is 0.0597. The minimum absolute atomic E-state index is 0.144. The number of ether oxygens (including phenoxy) is 1. The van der Waals surface area contributed by atoms with Gasteiger partial charge in [0.05, 0.1) is 7.11 Å². The van der Waals surface area contributed by atoms with Gasteiger partial charge in [-0.05, 0) is 37.3 Å². The van der Waals surface area contributed by atoms with E-state index < -0.39 is 5.97 Å². The minimum atomic E-state index is -0.547. The normalized spacial score (nSPS) is 14.4. The number of hydrogen-bond acceptors (Lipinski definition) is 3. The average Bonchev–Trinajstić information content (AvgIpc) is 2.33. The molecule has 0 fully saturated rings. The zero-order valence-corrected chi connectivity index (χ0v) is 9.58. The molecule has 0 amide bonds. The Morgan fingerprint density at radius 3 is 2.75 bits per heavy atom. The summed E-state index contributed by atoms with van der Waals surface area (Å²) in [6.45, 7) is 0. The first-order valence-corrected chi connectivity index (χ1v) is 5.45. The van der Waals surface area contributed by atoms with E-state index in [1.165, 1.54) is 7.11 Å². The molecule has 0 bridgehead atoms. The number of nitrogens with zero attached hydrogens (tertiary/aromatic N) is 1. The summed E-state index contributed by atoms with van der Waals surface area (Å²) < 4.78 is 6.19. The number of carbonyl (C=O) groups excluding carboxylic acids is 1. The van der Waals surface area contributed by atoms with Gasteiger partial charge in [-0.3, -0.25) is 4.79 Å². The first-order chi connectivity index (χ1) is 7.65. The van der Waals surface area contributed by atoms with Crippen LogP contribution in [0.5, 0.6) is 0 Å². The molecular weight excluding hydrogens is 206 g/mol. The Kier molecular flexibility index (Phi) is 2.81. The van der Waals surface area contributed by atoms with Gasteiger partial charge >= 0.3 is 5.97 Å². The van der Waals surface area contributed by atoms with Gasteiger partial charge < -0.3 is 9.30 Å². The van der Waals surface area contributed by atoms with E-state index >= 15 is 0 Å². The summed E-state index contributed by atoms with van der Waals surface area (Å²) in [6.07, 6.45) is 4.08. The number of rotatable bonds is 1. The first kappa shape index (κ1) is 10.9. The smallest absolute Gasteiger partial charge is 0.343 e. The summed E-state index contributed by atoms with van der Waals surface area (Å²) in [6, 6.07) is 1.70. The number of hydrogen-bond donors (Lipinski definition) is 0. The van der Waals surface area contributed by atoms with E-state index in [2.05, 4.69) is 4.74 Å². The quantitative estimate of drug-likeness (QED) is 0.666. The van der Waals surface area contributed by atoms with Crippen LogP contribution < -0.4 is 5.56 Å². The monoisotopic (exact) mass is 221 g/mol. The van der Waals surface area contributed by atoms with E-state index in [0.717, 1.165) is 36.9 Å². The molecule has 1 aliphatic carbocycles. The molecule has 2 rings (SSSR count). The summed E-state index contributed by atoms with van der Waals surface area (Å²) in [5.41, 5.74) is 2.05. The first-order valence-electron chi connectivity index (χ1n) is 5.45. The molecule has 1 heterocycles. The fraction of sp³-hybridized carbons (Fsp3) is 0.500. The molecule has 4 nitrogen and oxygen atoms in total. The Balaban J connectivity index is 2.61. The molecule has 0 saturated carbocycles. The fourth-order valence-corrected chi connectivity index (χ4v) is 2.25. The third-order valence-corrected chi connectivity index (χ3v) is 3.14. The van der Waals surface area contributed by atoms with Gasteiger partial charge in [0.2, 0.25) is 0 Å². The van der Waals surface area contributed by atoms with Crippen molar-refractivity contribution in [2.45, 2.75) is 25.7 Å². The Bertz CT molecular complexity index is 488. The predicted molar refractivity (Wildman–Crippen MR) is 59.7 cm³/mol. The number of esters is 1. The van der Waals surface area contributed by atoms with Gasteiger partial charge in [0.1, 0.15) is 5.56 Å². The van der Waals surface area contributed by atoms with Gasteiger partial charge in [0, 0.05) is 12.7 Å². The number of pyridine rings is 1. The second-order valence-corrected chi connectivity index (χ2v) is 4.09. The second-order valence-electron chi connectivity index (χ2n) is 4.09. The van der Waals surface area contributed by atoms with Crippen LogP contribution in [0, 0.1) is 0 Å². The summed E-state index contributed by atoms with van der Waals surface area (Å²) in [5.74, 6) is -0.547. The summed E-state index contributed by atoms with van der Waals surface area (Å²) in [7, 11) is 3.01. The molecule has 0 atom stereocenters. The van der Waals surface area contributed by atoms with Crippen molar-refractivity contribution in [3.8, 4) is 0 Å². The molecule has 0 aliphatic heterocycles. The third kappa shape index (κ3) is 1.64. The Labute approximate surface area is 93.8 Å². The highest BCUT2D eigenvalue weighted by molar-refractivity contribution is 5.89. The maximum Gasteiger partial charge on any atom is 0.343 e. The van der Waals surface area contributed by atoms with Crippen molar-refractivity contribution in [1.29, 1.82) is 0 Å². The van der Waals surface area contributed by atoms with Crippen LogP contribution in [-0.4, -0.2) is 17.6 Å². The zero-order chi connectivity index (χ0) is 11.7. The number of aryl methyl sites for hydroxylation is 1. The Morgan fingerprint density at radius 1 is 1.38 bits per heavy atom. The van der Waals surface area contributed by atoms with Gasteiger partial charge in [0.25, 0.3) is 5.56 Å². The highest BCUT2D eigenvalue weighted by Gasteiger charge is 2.19. The van der Waals surface area contributed by atoms with E-state index in [4.69, 9.17) is 0 Å². The van der Waals surface area contributed by atoms with Crippen LogP contribution >= 0.6 is 0 Å². The summed E-state index contributed by atoms with van der Waals surface area (Å²) in [5, 5.41) is 0. The molecule has 4 heteroatoms. The van der Waals surface area contributed by atoms with Gasteiger partial charge in [-0.2, -0.15) is 0 Å². The average molecular weight is 221 g/mol. The van der Waals surface area contributed by atoms with Gasteiger partial charge in [-0.15, -0.1) is 0 Å². The van der Waals surface area contributed by atoms with Crippen LogP contribution in [0.15, 0.2) is 10.9 Å². The number of carbonyl (C=O) groups is 1. The van der Waals surface area contributed by atoms with Crippen LogP contribution in [0.1, 0.15) is 34.5 Å². The van der Waals surface area contributed by atoms with Crippen molar-refractivity contribution in [2.75, 3.05) is 7.11 Å². The zero-order valence-electron chi connectivity index (χ0n) is 9.58. The van der Waals surface area contributed by atoms with E-state index in [9.17, 15) is 9.59 Å². The lowest BCUT2D eigenvalue weighted by atomic mass is 9.94. The van der Waals surface area contributed by atoms with E-state index in [1.807, 2.05) is 0 Å². The lowest BCUT2D eigenvalue weighted by Gasteiger charge is -2.19. The van der Waals surface area contributed by atoms with E-state index in [-0.39, 0.29) is 11.1 Å². The van der Waals surface area contributed by atoms with Crippen molar-refractivity contribution < 1.29 is 9.53 Å². The van der Waals surface area contributed by atoms with Crippen molar-refractivity contribution >= 4 is 5.97 Å². The van der Waals surface area contributed by atoms with Crippen molar-refractivity contribution in [3.63, 3.8) is 0 Å². The molecular formula is C12H15NO3. The molecule has 0 unspecified atom stereocenters. The molecule has 1 aromatic rings.